The van der Waals surface area contributed by atoms with E-state index in [9.17, 15) is 4.79 Å². The first-order chi connectivity index (χ1) is 11.7. The van der Waals surface area contributed by atoms with Crippen molar-refractivity contribution in [2.75, 3.05) is 0 Å². The Morgan fingerprint density at radius 2 is 1.08 bits per heavy atom. The first kappa shape index (κ1) is 23.8. The van der Waals surface area contributed by atoms with Gasteiger partial charge in [-0.15, -0.1) is 12.6 Å². The van der Waals surface area contributed by atoms with E-state index in [1.807, 2.05) is 6.92 Å². The molecule has 0 spiro atoms. The Morgan fingerprint density at radius 1 is 0.708 bits per heavy atom. The Bertz CT molecular complexity index is 269. The molecule has 0 saturated heterocycles. The lowest BCUT2D eigenvalue weighted by atomic mass is 10.0. The molecule has 0 aliphatic carbocycles. The van der Waals surface area contributed by atoms with Gasteiger partial charge in [0.25, 0.3) is 0 Å². The molecule has 0 aromatic rings. The molecule has 0 aliphatic heterocycles. The number of rotatable bonds is 18. The molecule has 0 aliphatic rings. The summed E-state index contributed by atoms with van der Waals surface area (Å²) in [5.74, 6) is -0.143. The second-order valence-electron chi connectivity index (χ2n) is 7.04. The van der Waals surface area contributed by atoms with Crippen LogP contribution in [0.3, 0.4) is 0 Å². The van der Waals surface area contributed by atoms with Gasteiger partial charge in [-0.2, -0.15) is 0 Å². The van der Waals surface area contributed by atoms with Crippen LogP contribution in [0.2, 0.25) is 0 Å². The fraction of sp³-hybridized carbons (Fsp3) is 0.952. The molecule has 0 N–H and O–H groups in total. The van der Waals surface area contributed by atoms with Crippen LogP contribution in [-0.2, 0) is 9.53 Å². The van der Waals surface area contributed by atoms with Gasteiger partial charge in [0, 0.05) is 6.42 Å². The van der Waals surface area contributed by atoms with E-state index in [1.54, 1.807) is 0 Å². The van der Waals surface area contributed by atoms with Crippen molar-refractivity contribution in [1.29, 1.82) is 0 Å². The van der Waals surface area contributed by atoms with E-state index < -0.39 is 0 Å². The van der Waals surface area contributed by atoms with Gasteiger partial charge in [-0.05, 0) is 12.8 Å². The minimum absolute atomic E-state index is 0.143. The summed E-state index contributed by atoms with van der Waals surface area (Å²) < 4.78 is 5.14. The summed E-state index contributed by atoms with van der Waals surface area (Å²) >= 11 is 4.30. The Balaban J connectivity index is 3.11. The number of carbonyl (C=O) groups excluding carboxylic acids is 1. The lowest BCUT2D eigenvalue weighted by molar-refractivity contribution is -0.144. The number of hydrogen-bond acceptors (Lipinski definition) is 3. The zero-order valence-electron chi connectivity index (χ0n) is 16.4. The average molecular weight is 359 g/mol. The number of esters is 1. The molecule has 0 bridgehead atoms. The predicted octanol–water partition coefficient (Wildman–Crippen LogP) is 7.46. The fourth-order valence-corrected chi connectivity index (χ4v) is 3.28. The van der Waals surface area contributed by atoms with Gasteiger partial charge in [-0.1, -0.05) is 104 Å². The summed E-state index contributed by atoms with van der Waals surface area (Å²) in [6.45, 7) is 4.09. The van der Waals surface area contributed by atoms with Gasteiger partial charge < -0.3 is 4.74 Å². The highest BCUT2D eigenvalue weighted by atomic mass is 32.1. The molecular weight excluding hydrogens is 316 g/mol. The summed E-state index contributed by atoms with van der Waals surface area (Å²) in [6, 6.07) is 0. The quantitative estimate of drug-likeness (QED) is 0.119. The largest absolute Gasteiger partial charge is 0.452 e. The third kappa shape index (κ3) is 18.2. The molecule has 0 radical (unpaired) electrons. The van der Waals surface area contributed by atoms with Gasteiger partial charge >= 0.3 is 5.97 Å². The van der Waals surface area contributed by atoms with Gasteiger partial charge in [-0.25, -0.2) is 0 Å². The van der Waals surface area contributed by atoms with Crippen LogP contribution in [0.15, 0.2) is 0 Å². The van der Waals surface area contributed by atoms with Crippen molar-refractivity contribution in [3.8, 4) is 0 Å². The molecule has 24 heavy (non-hydrogen) atoms. The first-order valence-corrected chi connectivity index (χ1v) is 11.1. The molecule has 0 aromatic heterocycles. The van der Waals surface area contributed by atoms with E-state index in [0.29, 0.717) is 6.42 Å². The molecule has 0 heterocycles. The van der Waals surface area contributed by atoms with Crippen molar-refractivity contribution in [3.05, 3.63) is 0 Å². The molecule has 1 unspecified atom stereocenters. The van der Waals surface area contributed by atoms with E-state index in [-0.39, 0.29) is 11.4 Å². The van der Waals surface area contributed by atoms with Gasteiger partial charge in [0.2, 0.25) is 0 Å². The van der Waals surface area contributed by atoms with Crippen molar-refractivity contribution >= 4 is 18.6 Å². The fourth-order valence-electron chi connectivity index (χ4n) is 2.98. The van der Waals surface area contributed by atoms with E-state index in [1.165, 1.54) is 89.9 Å². The van der Waals surface area contributed by atoms with Crippen LogP contribution in [0, 0.1) is 0 Å². The monoisotopic (exact) mass is 358 g/mol. The second kappa shape index (κ2) is 19.1. The highest BCUT2D eigenvalue weighted by Crippen LogP contribution is 2.15. The summed E-state index contributed by atoms with van der Waals surface area (Å²) in [7, 11) is 0. The maximum Gasteiger partial charge on any atom is 0.306 e. The Kier molecular flexibility index (Phi) is 19.0. The smallest absolute Gasteiger partial charge is 0.306 e. The molecule has 0 amide bonds. The molecular formula is C21H42O2S. The summed E-state index contributed by atoms with van der Waals surface area (Å²) in [5.41, 5.74) is -0.209. The van der Waals surface area contributed by atoms with Crippen LogP contribution in [0.1, 0.15) is 123 Å². The van der Waals surface area contributed by atoms with Crippen molar-refractivity contribution in [3.63, 3.8) is 0 Å². The summed E-state index contributed by atoms with van der Waals surface area (Å²) in [5, 5.41) is 0. The van der Waals surface area contributed by atoms with Gasteiger partial charge in [0.15, 0.2) is 0 Å². The van der Waals surface area contributed by atoms with Gasteiger partial charge in [-0.3, -0.25) is 4.79 Å². The summed E-state index contributed by atoms with van der Waals surface area (Å²) in [6.07, 6.45) is 21.9. The maximum absolute atomic E-state index is 11.1. The second-order valence-corrected chi connectivity index (χ2v) is 7.61. The third-order valence-electron chi connectivity index (χ3n) is 4.61. The van der Waals surface area contributed by atoms with Crippen LogP contribution in [-0.4, -0.2) is 11.4 Å². The first-order valence-electron chi connectivity index (χ1n) is 10.6. The summed E-state index contributed by atoms with van der Waals surface area (Å²) in [4.78, 5) is 11.1. The van der Waals surface area contributed by atoms with Crippen molar-refractivity contribution in [2.45, 2.75) is 128 Å². The number of carbonyl (C=O) groups is 1. The highest BCUT2D eigenvalue weighted by molar-refractivity contribution is 7.80. The predicted molar refractivity (Wildman–Crippen MR) is 109 cm³/mol. The lowest BCUT2D eigenvalue weighted by Gasteiger charge is -2.11. The van der Waals surface area contributed by atoms with Crippen LogP contribution < -0.4 is 0 Å². The molecule has 0 aromatic carbocycles. The average Bonchev–Trinajstić information content (AvgIpc) is 2.58. The SMILES string of the molecule is CCCCCCCCCCCCCCCCCC(S)OC(=O)CC. The highest BCUT2D eigenvalue weighted by Gasteiger charge is 2.07. The maximum atomic E-state index is 11.1. The van der Waals surface area contributed by atoms with Crippen LogP contribution >= 0.6 is 12.6 Å². The van der Waals surface area contributed by atoms with Gasteiger partial charge in [0.05, 0.1) is 0 Å². The normalized spacial score (nSPS) is 12.3. The zero-order chi connectivity index (χ0) is 17.9. The minimum Gasteiger partial charge on any atom is -0.452 e. The Labute approximate surface area is 156 Å². The number of ether oxygens (including phenoxy) is 1. The van der Waals surface area contributed by atoms with Gasteiger partial charge in [0.1, 0.15) is 5.44 Å². The number of thiol groups is 1. The van der Waals surface area contributed by atoms with Crippen LogP contribution in [0.5, 0.6) is 0 Å². The molecule has 0 fully saturated rings. The standard InChI is InChI=1S/C21H42O2S/c1-3-5-6-7-8-9-10-11-12-13-14-15-16-17-18-19-21(24)23-20(22)4-2/h21,24H,3-19H2,1-2H3. The van der Waals surface area contributed by atoms with E-state index in [0.717, 1.165) is 12.8 Å². The van der Waals surface area contributed by atoms with E-state index in [2.05, 4.69) is 19.6 Å². The van der Waals surface area contributed by atoms with Crippen LogP contribution in [0.25, 0.3) is 0 Å². The van der Waals surface area contributed by atoms with E-state index >= 15 is 0 Å². The van der Waals surface area contributed by atoms with Crippen LogP contribution in [0.4, 0.5) is 0 Å². The molecule has 0 saturated carbocycles. The third-order valence-corrected chi connectivity index (χ3v) is 4.97. The minimum atomic E-state index is -0.209. The molecule has 2 nitrogen and oxygen atoms in total. The molecule has 144 valence electrons. The Morgan fingerprint density at radius 3 is 1.46 bits per heavy atom. The number of hydrogen-bond donors (Lipinski definition) is 1. The zero-order valence-corrected chi connectivity index (χ0v) is 17.3. The topological polar surface area (TPSA) is 26.3 Å². The van der Waals surface area contributed by atoms with Crippen molar-refractivity contribution in [1.82, 2.24) is 0 Å². The molecule has 0 rings (SSSR count). The van der Waals surface area contributed by atoms with E-state index in [4.69, 9.17) is 4.74 Å². The lowest BCUT2D eigenvalue weighted by Crippen LogP contribution is -2.11. The molecule has 1 atom stereocenters. The Hall–Kier alpha value is -0.180. The number of unbranched alkanes of at least 4 members (excludes halogenated alkanes) is 14. The van der Waals surface area contributed by atoms with Crippen molar-refractivity contribution in [2.24, 2.45) is 0 Å². The molecule has 3 heteroatoms. The van der Waals surface area contributed by atoms with Crippen molar-refractivity contribution < 1.29 is 9.53 Å².